The van der Waals surface area contributed by atoms with Crippen molar-refractivity contribution >= 4 is 22.6 Å². The van der Waals surface area contributed by atoms with E-state index >= 15 is 0 Å². The molecule has 2 aliphatic rings. The first-order valence-electron chi connectivity index (χ1n) is 12.0. The summed E-state index contributed by atoms with van der Waals surface area (Å²) < 4.78 is 93.2. The lowest BCUT2D eigenvalue weighted by atomic mass is 10.1. The van der Waals surface area contributed by atoms with Gasteiger partial charge in [-0.2, -0.15) is 18.3 Å². The number of nitrogens with zero attached hydrogens (tertiary/aromatic N) is 4. The summed E-state index contributed by atoms with van der Waals surface area (Å²) in [6.45, 7) is -2.28. The van der Waals surface area contributed by atoms with Gasteiger partial charge in [-0.05, 0) is 43.2 Å². The molecule has 0 atom stereocenters. The van der Waals surface area contributed by atoms with E-state index in [4.69, 9.17) is 0 Å². The fourth-order valence-electron chi connectivity index (χ4n) is 4.39. The molecule has 214 valence electrons. The predicted octanol–water partition coefficient (Wildman–Crippen LogP) is 4.38. The molecule has 2 aromatic heterocycles. The van der Waals surface area contributed by atoms with Gasteiger partial charge in [-0.15, -0.1) is 8.78 Å². The Morgan fingerprint density at radius 3 is 2.61 bits per heavy atom. The number of anilines is 1. The monoisotopic (exact) mass is 581 g/mol. The molecule has 6 rings (SSSR count). The fraction of sp³-hybridized carbons (Fsp3) is 0.280. The predicted molar refractivity (Wildman–Crippen MR) is 128 cm³/mol. The molecule has 0 unspecified atom stereocenters. The van der Waals surface area contributed by atoms with E-state index in [1.165, 1.54) is 35.5 Å². The topological polar surface area (TPSA) is 112 Å². The zero-order valence-electron chi connectivity index (χ0n) is 20.5. The zero-order chi connectivity index (χ0) is 29.1. The smallest absolute Gasteiger partial charge is 0.481 e. The van der Waals surface area contributed by atoms with Gasteiger partial charge in [-0.25, -0.2) is 14.1 Å². The number of ether oxygens (including phenoxy) is 3. The molecule has 41 heavy (non-hydrogen) atoms. The number of aromatic amines is 1. The average molecular weight is 581 g/mol. The molecule has 1 N–H and O–H groups in total. The van der Waals surface area contributed by atoms with Crippen LogP contribution in [0.25, 0.3) is 22.3 Å². The highest BCUT2D eigenvalue weighted by atomic mass is 19.4. The zero-order valence-corrected chi connectivity index (χ0v) is 20.5. The summed E-state index contributed by atoms with van der Waals surface area (Å²) >= 11 is 0. The van der Waals surface area contributed by atoms with E-state index in [2.05, 4.69) is 29.3 Å². The van der Waals surface area contributed by atoms with Gasteiger partial charge in [0.15, 0.2) is 29.7 Å². The molecule has 10 nitrogen and oxygen atoms in total. The Bertz CT molecular complexity index is 1730. The minimum absolute atomic E-state index is 0.0294. The van der Waals surface area contributed by atoms with Crippen LogP contribution in [-0.4, -0.2) is 50.8 Å². The van der Waals surface area contributed by atoms with Crippen molar-refractivity contribution in [1.82, 2.24) is 19.7 Å². The Morgan fingerprint density at radius 2 is 1.90 bits per heavy atom. The first-order chi connectivity index (χ1) is 19.4. The van der Waals surface area contributed by atoms with Crippen molar-refractivity contribution in [2.75, 3.05) is 11.5 Å². The van der Waals surface area contributed by atoms with Crippen LogP contribution in [0.15, 0.2) is 47.5 Å². The third kappa shape index (κ3) is 5.24. The highest BCUT2D eigenvalue weighted by Crippen LogP contribution is 2.44. The van der Waals surface area contributed by atoms with Gasteiger partial charge in [-0.1, -0.05) is 0 Å². The molecule has 0 saturated heterocycles. The van der Waals surface area contributed by atoms with Gasteiger partial charge in [0.1, 0.15) is 23.3 Å². The number of hydrogen-bond acceptors (Lipinski definition) is 7. The van der Waals surface area contributed by atoms with E-state index in [9.17, 15) is 35.9 Å². The van der Waals surface area contributed by atoms with Crippen LogP contribution < -0.4 is 24.7 Å². The molecule has 3 heterocycles. The molecule has 0 spiro atoms. The Balaban J connectivity index is 1.32. The van der Waals surface area contributed by atoms with Gasteiger partial charge in [0.25, 0.3) is 5.56 Å². The number of nitrogens with one attached hydrogen (secondary N) is 1. The number of amides is 1. The summed E-state index contributed by atoms with van der Waals surface area (Å²) in [7, 11) is 0. The number of alkyl halides is 5. The lowest BCUT2D eigenvalue weighted by Gasteiger charge is -2.23. The number of rotatable bonds is 7. The number of hydrogen-bond donors (Lipinski definition) is 1. The first-order valence-corrected chi connectivity index (χ1v) is 12.0. The molecule has 16 heteroatoms. The maximum absolute atomic E-state index is 14.6. The molecule has 4 aromatic rings. The second-order valence-electron chi connectivity index (χ2n) is 9.28. The molecular formula is C25H17F6N5O5. The van der Waals surface area contributed by atoms with Crippen LogP contribution in [-0.2, 0) is 11.3 Å². The number of H-pyrrole nitrogens is 1. The normalized spacial score (nSPS) is 15.8. The van der Waals surface area contributed by atoms with E-state index in [0.717, 1.165) is 16.8 Å². The number of carbonyl (C=O) groups is 1. The fourth-order valence-corrected chi connectivity index (χ4v) is 4.39. The highest BCUT2D eigenvalue weighted by Gasteiger charge is 2.44. The highest BCUT2D eigenvalue weighted by molar-refractivity contribution is 5.95. The Kier molecular flexibility index (Phi) is 6.08. The SMILES string of the molecule is O=C(Cn1nc(-c2ccc(OCC(F)(F)F)c(F)c2)c2nc[nH]c2c1=O)N(c1ccc2c(c1)OC(F)(F)O2)C1CC1. The van der Waals surface area contributed by atoms with Gasteiger partial charge >= 0.3 is 12.5 Å². The van der Waals surface area contributed by atoms with Gasteiger partial charge in [0, 0.05) is 23.4 Å². The summed E-state index contributed by atoms with van der Waals surface area (Å²) in [5.74, 6) is -2.81. The number of halogens is 6. The summed E-state index contributed by atoms with van der Waals surface area (Å²) in [5.41, 5.74) is -0.470. The lowest BCUT2D eigenvalue weighted by molar-refractivity contribution is -0.286. The van der Waals surface area contributed by atoms with Gasteiger partial charge in [0.05, 0.1) is 6.33 Å². The van der Waals surface area contributed by atoms with E-state index in [-0.39, 0.29) is 45.5 Å². The van der Waals surface area contributed by atoms with Crippen molar-refractivity contribution in [2.24, 2.45) is 0 Å². The molecule has 0 radical (unpaired) electrons. The Hall–Kier alpha value is -4.76. The minimum Gasteiger partial charge on any atom is -0.481 e. The van der Waals surface area contributed by atoms with Crippen molar-refractivity contribution < 1.29 is 45.3 Å². The van der Waals surface area contributed by atoms with Crippen molar-refractivity contribution in [1.29, 1.82) is 0 Å². The number of carbonyl (C=O) groups excluding carboxylic acids is 1. The van der Waals surface area contributed by atoms with Crippen LogP contribution in [0.4, 0.5) is 32.0 Å². The van der Waals surface area contributed by atoms with Gasteiger partial charge < -0.3 is 24.1 Å². The summed E-state index contributed by atoms with van der Waals surface area (Å²) in [6.07, 6.45) is -6.06. The number of imidazole rings is 1. The van der Waals surface area contributed by atoms with E-state index in [0.29, 0.717) is 12.8 Å². The molecule has 1 saturated carbocycles. The third-order valence-corrected chi connectivity index (χ3v) is 6.26. The number of benzene rings is 2. The van der Waals surface area contributed by atoms with Crippen molar-refractivity contribution in [2.45, 2.75) is 37.9 Å². The van der Waals surface area contributed by atoms with Crippen LogP contribution in [0, 0.1) is 5.82 Å². The van der Waals surface area contributed by atoms with Crippen LogP contribution in [0.2, 0.25) is 0 Å². The quantitative estimate of drug-likeness (QED) is 0.323. The molecule has 1 fully saturated rings. The Morgan fingerprint density at radius 1 is 1.15 bits per heavy atom. The number of fused-ring (bicyclic) bond motifs is 2. The van der Waals surface area contributed by atoms with Crippen LogP contribution in [0.3, 0.4) is 0 Å². The van der Waals surface area contributed by atoms with Crippen molar-refractivity contribution in [3.63, 3.8) is 0 Å². The van der Waals surface area contributed by atoms with Crippen LogP contribution in [0.1, 0.15) is 12.8 Å². The maximum Gasteiger partial charge on any atom is 0.586 e. The molecule has 1 amide bonds. The van der Waals surface area contributed by atoms with Gasteiger partial charge in [-0.3, -0.25) is 9.59 Å². The van der Waals surface area contributed by atoms with E-state index < -0.39 is 48.7 Å². The molecule has 1 aliphatic heterocycles. The second kappa shape index (κ2) is 9.42. The standard InChI is InChI=1S/C25H17F6N5O5/c26-15-7-12(1-5-16(15)39-10-24(27,28)29)20-21-22(33-11-32-21)23(38)35(34-20)9-19(37)36(13-2-3-13)14-4-6-17-18(8-14)41-25(30,31)40-17/h1,4-8,11,13H,2-3,9-10H2,(H,32,33). The first kappa shape index (κ1) is 26.5. The summed E-state index contributed by atoms with van der Waals surface area (Å²) in [5, 5.41) is 4.21. The molecule has 0 bridgehead atoms. The number of aromatic nitrogens is 4. The van der Waals surface area contributed by atoms with Crippen LogP contribution in [0.5, 0.6) is 17.2 Å². The molecule has 2 aromatic carbocycles. The molecular weight excluding hydrogens is 564 g/mol. The largest absolute Gasteiger partial charge is 0.586 e. The Labute approximate surface area is 225 Å². The van der Waals surface area contributed by atoms with Crippen molar-refractivity contribution in [3.05, 3.63) is 58.9 Å². The lowest BCUT2D eigenvalue weighted by Crippen LogP contribution is -2.39. The summed E-state index contributed by atoms with van der Waals surface area (Å²) in [4.78, 5) is 34.6. The van der Waals surface area contributed by atoms with E-state index in [1.54, 1.807) is 0 Å². The molecule has 1 aliphatic carbocycles. The van der Waals surface area contributed by atoms with E-state index in [1.807, 2.05) is 0 Å². The maximum atomic E-state index is 14.6. The minimum atomic E-state index is -4.67. The van der Waals surface area contributed by atoms with Crippen molar-refractivity contribution in [3.8, 4) is 28.5 Å². The van der Waals surface area contributed by atoms with Crippen LogP contribution >= 0.6 is 0 Å². The second-order valence-corrected chi connectivity index (χ2v) is 9.28. The third-order valence-electron chi connectivity index (χ3n) is 6.26. The average Bonchev–Trinajstić information content (AvgIpc) is 3.48. The summed E-state index contributed by atoms with van der Waals surface area (Å²) in [6, 6.07) is 6.72. The van der Waals surface area contributed by atoms with Gasteiger partial charge in [0.2, 0.25) is 5.91 Å².